The minimum atomic E-state index is -4.09. The molecule has 0 bridgehead atoms. The number of aromatic amines is 1. The van der Waals surface area contributed by atoms with E-state index in [1.165, 1.54) is 17.8 Å². The number of hydrogen-bond acceptors (Lipinski definition) is 12. The number of aliphatic hydroxyl groups is 1. The second kappa shape index (κ2) is 10.9. The number of carbonyl (C=O) groups excluding carboxylic acids is 1. The van der Waals surface area contributed by atoms with Gasteiger partial charge in [-0.1, -0.05) is 37.6 Å². The lowest BCUT2D eigenvalue weighted by molar-refractivity contribution is -0.167. The summed E-state index contributed by atoms with van der Waals surface area (Å²) in [6.07, 6.45) is -2.60. The summed E-state index contributed by atoms with van der Waals surface area (Å²) in [6, 6.07) is 6.95. The van der Waals surface area contributed by atoms with E-state index in [0.29, 0.717) is 17.0 Å². The molecule has 14 nitrogen and oxygen atoms in total. The second-order valence-electron chi connectivity index (χ2n) is 10.1. The van der Waals surface area contributed by atoms with Crippen molar-refractivity contribution < 1.29 is 37.5 Å². The predicted octanol–water partition coefficient (Wildman–Crippen LogP) is 2.87. The third kappa shape index (κ3) is 5.53. The maximum absolute atomic E-state index is 13.4. The van der Waals surface area contributed by atoms with E-state index in [0.717, 1.165) is 0 Å². The Bertz CT molecular complexity index is 1530. The number of phosphoric acid groups is 1. The zero-order valence-electron chi connectivity index (χ0n) is 21.9. The van der Waals surface area contributed by atoms with E-state index in [1.807, 2.05) is 0 Å². The van der Waals surface area contributed by atoms with Crippen LogP contribution in [-0.4, -0.2) is 61.6 Å². The van der Waals surface area contributed by atoms with Crippen molar-refractivity contribution in [3.05, 3.63) is 51.5 Å². The number of ether oxygens (including phenoxy) is 2. The summed E-state index contributed by atoms with van der Waals surface area (Å²) in [5.41, 5.74) is 3.96. The molecule has 0 radical (unpaired) electrons. The molecule has 0 saturated carbocycles. The van der Waals surface area contributed by atoms with Gasteiger partial charge in [-0.05, 0) is 24.6 Å². The van der Waals surface area contributed by atoms with Gasteiger partial charge in [0.2, 0.25) is 5.95 Å². The van der Waals surface area contributed by atoms with Gasteiger partial charge in [-0.15, -0.1) is 0 Å². The van der Waals surface area contributed by atoms with Crippen LogP contribution < -0.4 is 11.3 Å². The number of phosphoric ester groups is 1. The Morgan fingerprint density at radius 2 is 2.20 bits per heavy atom. The van der Waals surface area contributed by atoms with Crippen LogP contribution in [0.1, 0.15) is 45.1 Å². The van der Waals surface area contributed by atoms with Gasteiger partial charge in [0.25, 0.3) is 5.56 Å². The van der Waals surface area contributed by atoms with Gasteiger partial charge in [0.05, 0.1) is 31.6 Å². The van der Waals surface area contributed by atoms with E-state index in [9.17, 15) is 19.3 Å². The fourth-order valence-corrected chi connectivity index (χ4v) is 6.21. The molecule has 4 N–H and O–H groups in total. The maximum atomic E-state index is 13.4. The number of nitrogen functional groups attached to an aromatic ring is 1. The molecule has 6 atom stereocenters. The lowest BCUT2D eigenvalue weighted by Crippen LogP contribution is -2.47. The zero-order chi connectivity index (χ0) is 28.8. The highest BCUT2D eigenvalue weighted by atomic mass is 35.5. The summed E-state index contributed by atoms with van der Waals surface area (Å²) in [6.45, 7) is 4.31. The number of fused-ring (bicyclic) bond motifs is 1. The number of H-pyrrole nitrogens is 1. The number of aromatic nitrogens is 4. The molecule has 0 amide bonds. The van der Waals surface area contributed by atoms with Gasteiger partial charge in [-0.25, -0.2) is 9.55 Å². The summed E-state index contributed by atoms with van der Waals surface area (Å²) in [7, 11) is -4.09. The summed E-state index contributed by atoms with van der Waals surface area (Å²) < 4.78 is 43.2. The van der Waals surface area contributed by atoms with Gasteiger partial charge < -0.3 is 20.3 Å². The normalized spacial score (nSPS) is 30.6. The summed E-state index contributed by atoms with van der Waals surface area (Å²) in [4.78, 5) is 35.4. The van der Waals surface area contributed by atoms with Gasteiger partial charge in [0.15, 0.2) is 23.5 Å². The summed E-state index contributed by atoms with van der Waals surface area (Å²) in [5.74, 6) is -1.29. The molecule has 40 heavy (non-hydrogen) atoms. The van der Waals surface area contributed by atoms with Crippen LogP contribution in [0.25, 0.3) is 11.2 Å². The van der Waals surface area contributed by atoms with Crippen LogP contribution in [0.2, 0.25) is 5.02 Å². The van der Waals surface area contributed by atoms with Crippen LogP contribution in [0.4, 0.5) is 5.95 Å². The molecule has 1 aromatic carbocycles. The first-order chi connectivity index (χ1) is 18.9. The highest BCUT2D eigenvalue weighted by molar-refractivity contribution is 7.48. The number of carbonyl (C=O) groups is 1. The Balaban J connectivity index is 1.41. The molecule has 4 heterocycles. The van der Waals surface area contributed by atoms with E-state index in [2.05, 4.69) is 15.0 Å². The van der Waals surface area contributed by atoms with Crippen molar-refractivity contribution in [2.75, 3.05) is 18.9 Å². The minimum absolute atomic E-state index is 0.0375. The first-order valence-corrected chi connectivity index (χ1v) is 14.4. The maximum Gasteiger partial charge on any atom is 0.475 e. The lowest BCUT2D eigenvalue weighted by atomic mass is 9.96. The van der Waals surface area contributed by atoms with Crippen LogP contribution >= 0.6 is 19.4 Å². The van der Waals surface area contributed by atoms with Crippen molar-refractivity contribution in [3.8, 4) is 0 Å². The number of hydrogen-bond donors (Lipinski definition) is 3. The molecule has 216 valence electrons. The number of anilines is 1. The molecule has 0 aliphatic carbocycles. The average Bonchev–Trinajstić information content (AvgIpc) is 3.41. The molecule has 16 heteroatoms. The van der Waals surface area contributed by atoms with Crippen LogP contribution in [0, 0.1) is 5.92 Å². The Morgan fingerprint density at radius 3 is 2.92 bits per heavy atom. The number of nitrogens with one attached hydrogen (secondary N) is 1. The largest absolute Gasteiger partial charge is 0.475 e. The minimum Gasteiger partial charge on any atom is -0.456 e. The van der Waals surface area contributed by atoms with E-state index in [4.69, 9.17) is 40.4 Å². The zero-order valence-corrected chi connectivity index (χ0v) is 23.5. The molecular formula is C24H29ClN5O9P. The van der Waals surface area contributed by atoms with E-state index in [-0.39, 0.29) is 23.7 Å². The fraction of sp³-hybridized carbons (Fsp3) is 0.500. The van der Waals surface area contributed by atoms with Gasteiger partial charge in [0.1, 0.15) is 11.7 Å². The third-order valence-corrected chi connectivity index (χ3v) is 8.35. The highest BCUT2D eigenvalue weighted by Gasteiger charge is 2.57. The van der Waals surface area contributed by atoms with Crippen LogP contribution in [0.5, 0.6) is 0 Å². The molecule has 6 unspecified atom stereocenters. The van der Waals surface area contributed by atoms with E-state index < -0.39 is 62.0 Å². The third-order valence-electron chi connectivity index (χ3n) is 6.64. The van der Waals surface area contributed by atoms with Crippen LogP contribution in [0.3, 0.4) is 0 Å². The highest BCUT2D eigenvalue weighted by Crippen LogP contribution is 2.57. The van der Waals surface area contributed by atoms with Gasteiger partial charge in [0, 0.05) is 11.4 Å². The molecule has 2 aromatic heterocycles. The first-order valence-electron chi connectivity index (χ1n) is 12.5. The SMILES string of the molecule is CC(C)C(=O)OC1C(COP2(=O)OCCC(c3cccc(Cl)c3)O2)OC(n2cnc3c(=O)[nH]c(N)nc32)C1(C)O. The fourth-order valence-electron chi connectivity index (χ4n) is 4.61. The Labute approximate surface area is 233 Å². The number of esters is 1. The molecule has 5 rings (SSSR count). The Hall–Kier alpha value is -2.84. The molecule has 2 fully saturated rings. The lowest BCUT2D eigenvalue weighted by Gasteiger charge is -2.31. The molecule has 0 spiro atoms. The number of nitrogens with zero attached hydrogens (tertiary/aromatic N) is 3. The van der Waals surface area contributed by atoms with Crippen molar-refractivity contribution in [1.82, 2.24) is 19.5 Å². The summed E-state index contributed by atoms with van der Waals surface area (Å²) >= 11 is 6.09. The smallest absolute Gasteiger partial charge is 0.456 e. The Morgan fingerprint density at radius 1 is 1.43 bits per heavy atom. The molecule has 2 saturated heterocycles. The molecule has 3 aromatic rings. The number of nitrogens with two attached hydrogens (primary N) is 1. The van der Waals surface area contributed by atoms with E-state index >= 15 is 0 Å². The molecular weight excluding hydrogens is 569 g/mol. The van der Waals surface area contributed by atoms with Gasteiger partial charge in [-0.2, -0.15) is 4.98 Å². The number of imidazole rings is 1. The van der Waals surface area contributed by atoms with Gasteiger partial charge in [-0.3, -0.25) is 32.7 Å². The van der Waals surface area contributed by atoms with Crippen molar-refractivity contribution in [1.29, 1.82) is 0 Å². The number of halogens is 1. The van der Waals surface area contributed by atoms with Gasteiger partial charge >= 0.3 is 13.8 Å². The topological polar surface area (TPSA) is 190 Å². The Kier molecular flexibility index (Phi) is 7.79. The van der Waals surface area contributed by atoms with Crippen molar-refractivity contribution in [3.63, 3.8) is 0 Å². The van der Waals surface area contributed by atoms with Crippen molar-refractivity contribution >= 4 is 42.5 Å². The predicted molar refractivity (Wildman–Crippen MR) is 141 cm³/mol. The van der Waals surface area contributed by atoms with E-state index in [1.54, 1.807) is 38.1 Å². The molecule has 2 aliphatic rings. The number of rotatable bonds is 7. The quantitative estimate of drug-likeness (QED) is 0.267. The average molecular weight is 598 g/mol. The first kappa shape index (κ1) is 28.7. The van der Waals surface area contributed by atoms with Crippen LogP contribution in [0.15, 0.2) is 35.4 Å². The monoisotopic (exact) mass is 597 g/mol. The van der Waals surface area contributed by atoms with Crippen molar-refractivity contribution in [2.45, 2.75) is 57.3 Å². The second-order valence-corrected chi connectivity index (χ2v) is 12.1. The summed E-state index contributed by atoms with van der Waals surface area (Å²) in [5, 5.41) is 12.1. The van der Waals surface area contributed by atoms with Crippen molar-refractivity contribution in [2.24, 2.45) is 5.92 Å². The standard InChI is InChI=1S/C24H29ClN5O9P/c1-12(2)21(32)38-18-16(10-36-40(34)35-8-7-15(39-40)13-5-4-6-14(25)9-13)37-22(24(18,3)33)30-11-27-17-19(30)28-23(26)29-20(17)31/h4-6,9,11-12,15-16,18,22,33H,7-8,10H2,1-3H3,(H3,26,28,29,31). The number of benzene rings is 1. The molecule has 2 aliphatic heterocycles. The van der Waals surface area contributed by atoms with Crippen LogP contribution in [-0.2, 0) is 32.4 Å².